The van der Waals surface area contributed by atoms with Crippen LogP contribution in [0.1, 0.15) is 17.4 Å². The molecule has 0 fully saturated rings. The standard InChI is InChI=1S/C11H14N6O/c1-3-12-9-6-4-5-8(15-9)10(18)16-11-13-7-14-17(11)2/h4-7H,3H2,1-2H3,(H,12,15)(H,13,14,16,18). The van der Waals surface area contributed by atoms with Gasteiger partial charge in [-0.05, 0) is 19.1 Å². The Labute approximate surface area is 104 Å². The fourth-order valence-electron chi connectivity index (χ4n) is 1.42. The summed E-state index contributed by atoms with van der Waals surface area (Å²) < 4.78 is 1.48. The molecule has 0 radical (unpaired) electrons. The van der Waals surface area contributed by atoms with Crippen molar-refractivity contribution in [2.24, 2.45) is 7.05 Å². The molecule has 0 saturated carbocycles. The molecule has 0 saturated heterocycles. The number of aryl methyl sites for hydroxylation is 1. The van der Waals surface area contributed by atoms with Crippen LogP contribution in [0.3, 0.4) is 0 Å². The van der Waals surface area contributed by atoms with Crippen LogP contribution in [0.15, 0.2) is 24.5 Å². The Hall–Kier alpha value is -2.44. The number of anilines is 2. The lowest BCUT2D eigenvalue weighted by Gasteiger charge is -2.06. The van der Waals surface area contributed by atoms with Crippen molar-refractivity contribution in [2.75, 3.05) is 17.2 Å². The maximum atomic E-state index is 11.9. The first-order valence-corrected chi connectivity index (χ1v) is 5.57. The lowest BCUT2D eigenvalue weighted by Crippen LogP contribution is -2.17. The zero-order valence-electron chi connectivity index (χ0n) is 10.2. The van der Waals surface area contributed by atoms with Crippen molar-refractivity contribution < 1.29 is 4.79 Å². The molecule has 18 heavy (non-hydrogen) atoms. The number of nitrogens with one attached hydrogen (secondary N) is 2. The maximum Gasteiger partial charge on any atom is 0.276 e. The molecular formula is C11H14N6O. The quantitative estimate of drug-likeness (QED) is 0.837. The first kappa shape index (κ1) is 12.0. The van der Waals surface area contributed by atoms with E-state index in [-0.39, 0.29) is 5.91 Å². The van der Waals surface area contributed by atoms with Gasteiger partial charge in [-0.25, -0.2) is 9.67 Å². The van der Waals surface area contributed by atoms with E-state index in [1.807, 2.05) is 13.0 Å². The van der Waals surface area contributed by atoms with Gasteiger partial charge in [-0.2, -0.15) is 10.1 Å². The topological polar surface area (TPSA) is 84.7 Å². The van der Waals surface area contributed by atoms with Gasteiger partial charge < -0.3 is 5.32 Å². The fraction of sp³-hybridized carbons (Fsp3) is 0.273. The zero-order chi connectivity index (χ0) is 13.0. The molecule has 94 valence electrons. The van der Waals surface area contributed by atoms with Crippen LogP contribution in [-0.2, 0) is 7.05 Å². The normalized spacial score (nSPS) is 10.1. The molecule has 0 atom stereocenters. The van der Waals surface area contributed by atoms with Crippen LogP contribution in [0.25, 0.3) is 0 Å². The summed E-state index contributed by atoms with van der Waals surface area (Å²) in [6.07, 6.45) is 1.37. The van der Waals surface area contributed by atoms with Crippen molar-refractivity contribution in [3.05, 3.63) is 30.2 Å². The van der Waals surface area contributed by atoms with Gasteiger partial charge in [-0.3, -0.25) is 10.1 Å². The van der Waals surface area contributed by atoms with Gasteiger partial charge in [0.25, 0.3) is 5.91 Å². The highest BCUT2D eigenvalue weighted by molar-refractivity contribution is 6.02. The average molecular weight is 246 g/mol. The van der Waals surface area contributed by atoms with E-state index in [9.17, 15) is 4.79 Å². The summed E-state index contributed by atoms with van der Waals surface area (Å²) in [7, 11) is 1.70. The molecule has 7 nitrogen and oxygen atoms in total. The number of carbonyl (C=O) groups excluding carboxylic acids is 1. The van der Waals surface area contributed by atoms with E-state index in [2.05, 4.69) is 25.7 Å². The number of nitrogens with zero attached hydrogens (tertiary/aromatic N) is 4. The summed E-state index contributed by atoms with van der Waals surface area (Å²) in [5, 5.41) is 9.55. The Morgan fingerprint density at radius 2 is 2.28 bits per heavy atom. The van der Waals surface area contributed by atoms with Crippen LogP contribution in [0.5, 0.6) is 0 Å². The van der Waals surface area contributed by atoms with Crippen LogP contribution in [0.2, 0.25) is 0 Å². The van der Waals surface area contributed by atoms with Crippen LogP contribution >= 0.6 is 0 Å². The van der Waals surface area contributed by atoms with Gasteiger partial charge in [0.05, 0.1) is 0 Å². The number of hydrogen-bond acceptors (Lipinski definition) is 5. The molecule has 0 aliphatic rings. The second-order valence-corrected chi connectivity index (χ2v) is 3.60. The van der Waals surface area contributed by atoms with Crippen molar-refractivity contribution in [1.29, 1.82) is 0 Å². The van der Waals surface area contributed by atoms with Gasteiger partial charge in [0, 0.05) is 13.6 Å². The minimum absolute atomic E-state index is 0.314. The third kappa shape index (κ3) is 2.62. The highest BCUT2D eigenvalue weighted by Gasteiger charge is 2.10. The number of aromatic nitrogens is 4. The van der Waals surface area contributed by atoms with E-state index >= 15 is 0 Å². The molecule has 1 amide bonds. The van der Waals surface area contributed by atoms with E-state index in [1.54, 1.807) is 19.2 Å². The molecule has 0 aromatic carbocycles. The van der Waals surface area contributed by atoms with Crippen LogP contribution in [0, 0.1) is 0 Å². The van der Waals surface area contributed by atoms with Gasteiger partial charge >= 0.3 is 0 Å². The third-order valence-corrected chi connectivity index (χ3v) is 2.28. The first-order valence-electron chi connectivity index (χ1n) is 5.57. The molecule has 0 bridgehead atoms. The van der Waals surface area contributed by atoms with Gasteiger partial charge in [0.2, 0.25) is 5.95 Å². The van der Waals surface area contributed by atoms with Crippen molar-refractivity contribution in [3.63, 3.8) is 0 Å². The SMILES string of the molecule is CCNc1cccc(C(=O)Nc2ncnn2C)n1. The molecule has 0 aliphatic heterocycles. The number of hydrogen-bond donors (Lipinski definition) is 2. The number of rotatable bonds is 4. The second kappa shape index (κ2) is 5.26. The predicted molar refractivity (Wildman–Crippen MR) is 67.4 cm³/mol. The van der Waals surface area contributed by atoms with E-state index in [4.69, 9.17) is 0 Å². The van der Waals surface area contributed by atoms with Crippen LogP contribution in [0.4, 0.5) is 11.8 Å². The Morgan fingerprint density at radius 3 is 2.94 bits per heavy atom. The molecule has 2 N–H and O–H groups in total. The molecule has 2 aromatic rings. The lowest BCUT2D eigenvalue weighted by atomic mass is 10.3. The van der Waals surface area contributed by atoms with Gasteiger partial charge in [0.1, 0.15) is 17.8 Å². The van der Waals surface area contributed by atoms with Crippen molar-refractivity contribution in [1.82, 2.24) is 19.7 Å². The maximum absolute atomic E-state index is 11.9. The van der Waals surface area contributed by atoms with E-state index in [1.165, 1.54) is 11.0 Å². The van der Waals surface area contributed by atoms with Gasteiger partial charge in [0.15, 0.2) is 0 Å². The first-order chi connectivity index (χ1) is 8.70. The minimum atomic E-state index is -0.314. The highest BCUT2D eigenvalue weighted by atomic mass is 16.2. The average Bonchev–Trinajstić information content (AvgIpc) is 2.76. The molecular weight excluding hydrogens is 232 g/mol. The Kier molecular flexibility index (Phi) is 3.52. The zero-order valence-corrected chi connectivity index (χ0v) is 10.2. The van der Waals surface area contributed by atoms with E-state index in [0.29, 0.717) is 17.5 Å². The summed E-state index contributed by atoms with van der Waals surface area (Å²) >= 11 is 0. The van der Waals surface area contributed by atoms with E-state index in [0.717, 1.165) is 6.54 Å². The monoisotopic (exact) mass is 246 g/mol. The van der Waals surface area contributed by atoms with Gasteiger partial charge in [-0.1, -0.05) is 6.07 Å². The smallest absolute Gasteiger partial charge is 0.276 e. The summed E-state index contributed by atoms with van der Waals surface area (Å²) in [5.41, 5.74) is 0.330. The summed E-state index contributed by atoms with van der Waals surface area (Å²) in [5.74, 6) is 0.740. The van der Waals surface area contributed by atoms with Crippen molar-refractivity contribution >= 4 is 17.7 Å². The number of carbonyl (C=O) groups is 1. The molecule has 0 aliphatic carbocycles. The second-order valence-electron chi connectivity index (χ2n) is 3.60. The summed E-state index contributed by atoms with van der Waals surface area (Å²) in [6, 6.07) is 5.23. The van der Waals surface area contributed by atoms with Crippen LogP contribution in [-0.4, -0.2) is 32.2 Å². The summed E-state index contributed by atoms with van der Waals surface area (Å²) in [6.45, 7) is 2.72. The third-order valence-electron chi connectivity index (χ3n) is 2.28. The predicted octanol–water partition coefficient (Wildman–Crippen LogP) is 0.894. The lowest BCUT2D eigenvalue weighted by molar-refractivity contribution is 0.102. The molecule has 7 heteroatoms. The highest BCUT2D eigenvalue weighted by Crippen LogP contribution is 2.07. The van der Waals surface area contributed by atoms with Crippen molar-refractivity contribution in [2.45, 2.75) is 6.92 Å². The Balaban J connectivity index is 2.14. The largest absolute Gasteiger partial charge is 0.370 e. The molecule has 0 unspecified atom stereocenters. The fourth-order valence-corrected chi connectivity index (χ4v) is 1.42. The van der Waals surface area contributed by atoms with Crippen LogP contribution < -0.4 is 10.6 Å². The molecule has 2 rings (SSSR count). The molecule has 0 spiro atoms. The van der Waals surface area contributed by atoms with E-state index < -0.39 is 0 Å². The Morgan fingerprint density at radius 1 is 1.44 bits per heavy atom. The molecule has 2 heterocycles. The minimum Gasteiger partial charge on any atom is -0.370 e. The number of amides is 1. The van der Waals surface area contributed by atoms with Gasteiger partial charge in [-0.15, -0.1) is 0 Å². The number of pyridine rings is 1. The summed E-state index contributed by atoms with van der Waals surface area (Å²) in [4.78, 5) is 20.0. The Bertz CT molecular complexity index is 550. The van der Waals surface area contributed by atoms with Crippen molar-refractivity contribution in [3.8, 4) is 0 Å². The molecule has 2 aromatic heterocycles.